The van der Waals surface area contributed by atoms with Crippen LogP contribution >= 0.6 is 0 Å². The highest BCUT2D eigenvalue weighted by molar-refractivity contribution is 7.89. The number of nitrogens with zero attached hydrogens (tertiary/aromatic N) is 5. The number of likely N-dealkylation sites (N-methyl/N-ethyl adjacent to an activating group) is 1. The zero-order chi connectivity index (χ0) is 26.0. The highest BCUT2D eigenvalue weighted by Crippen LogP contribution is 2.32. The van der Waals surface area contributed by atoms with E-state index < -0.39 is 10.0 Å². The second-order valence-corrected chi connectivity index (χ2v) is 11.9. The van der Waals surface area contributed by atoms with Gasteiger partial charge in [-0.1, -0.05) is 42.8 Å². The molecule has 0 unspecified atom stereocenters. The summed E-state index contributed by atoms with van der Waals surface area (Å²) < 4.78 is 31.8. The topological polar surface area (TPSA) is 61.7 Å². The number of hydrogen-bond donors (Lipinski definition) is 0. The molecule has 7 nitrogen and oxygen atoms in total. The molecule has 0 spiro atoms. The minimum absolute atomic E-state index is 0.295. The van der Waals surface area contributed by atoms with Crippen LogP contribution in [0.5, 0.6) is 0 Å². The van der Waals surface area contributed by atoms with Crippen LogP contribution in [0.2, 0.25) is 0 Å². The standard InChI is InChI=1S/C28H39N5O2S/c1-7-13-32(36(34,35)27-22(3)18-21(2)19-23(27)4)20-26-24(5)29-33(25-11-9-8-10-12-25)28(26)31-16-14-30(6)15-17-31/h8-12,18-19H,7,13-17,20H2,1-6H3. The van der Waals surface area contributed by atoms with Crippen LogP contribution in [0, 0.1) is 27.7 Å². The molecule has 0 saturated carbocycles. The molecule has 0 bridgehead atoms. The van der Waals surface area contributed by atoms with Crippen LogP contribution in [-0.4, -0.2) is 67.2 Å². The Hall–Kier alpha value is -2.68. The average Bonchev–Trinajstić information content (AvgIpc) is 3.15. The first-order valence-corrected chi connectivity index (χ1v) is 14.2. The number of aryl methyl sites for hydroxylation is 4. The highest BCUT2D eigenvalue weighted by atomic mass is 32.2. The van der Waals surface area contributed by atoms with E-state index in [1.54, 1.807) is 4.31 Å². The van der Waals surface area contributed by atoms with E-state index in [-0.39, 0.29) is 0 Å². The summed E-state index contributed by atoms with van der Waals surface area (Å²) in [4.78, 5) is 5.11. The second-order valence-electron chi connectivity index (χ2n) is 9.99. The van der Waals surface area contributed by atoms with Crippen molar-refractivity contribution in [3.05, 3.63) is 70.4 Å². The van der Waals surface area contributed by atoms with Gasteiger partial charge in [0.25, 0.3) is 0 Å². The molecule has 3 aromatic rings. The molecule has 0 amide bonds. The van der Waals surface area contributed by atoms with Crippen molar-refractivity contribution < 1.29 is 8.42 Å². The summed E-state index contributed by atoms with van der Waals surface area (Å²) in [6.07, 6.45) is 0.735. The van der Waals surface area contributed by atoms with Crippen molar-refractivity contribution in [3.8, 4) is 5.69 Å². The van der Waals surface area contributed by atoms with Gasteiger partial charge in [-0.25, -0.2) is 13.1 Å². The Balaban J connectivity index is 1.81. The average molecular weight is 510 g/mol. The Morgan fingerprint density at radius 1 is 0.944 bits per heavy atom. The number of hydrogen-bond acceptors (Lipinski definition) is 5. The Morgan fingerprint density at radius 3 is 2.14 bits per heavy atom. The van der Waals surface area contributed by atoms with Crippen molar-refractivity contribution >= 4 is 15.8 Å². The van der Waals surface area contributed by atoms with Gasteiger partial charge in [0, 0.05) is 44.8 Å². The maximum absolute atomic E-state index is 14.1. The van der Waals surface area contributed by atoms with Crippen molar-refractivity contribution in [1.29, 1.82) is 0 Å². The van der Waals surface area contributed by atoms with Gasteiger partial charge in [0.2, 0.25) is 10.0 Å². The van der Waals surface area contributed by atoms with Gasteiger partial charge in [-0.05, 0) is 64.4 Å². The number of piperazine rings is 1. The number of sulfonamides is 1. The van der Waals surface area contributed by atoms with Crippen molar-refractivity contribution in [1.82, 2.24) is 19.0 Å². The van der Waals surface area contributed by atoms with Crippen LogP contribution in [0.15, 0.2) is 47.4 Å². The minimum atomic E-state index is -3.70. The quantitative estimate of drug-likeness (QED) is 0.449. The molecular formula is C28H39N5O2S. The van der Waals surface area contributed by atoms with Crippen LogP contribution in [0.3, 0.4) is 0 Å². The largest absolute Gasteiger partial charge is 0.354 e. The summed E-state index contributed by atoms with van der Waals surface area (Å²) in [6, 6.07) is 14.0. The monoisotopic (exact) mass is 509 g/mol. The van der Waals surface area contributed by atoms with E-state index >= 15 is 0 Å². The van der Waals surface area contributed by atoms with E-state index in [0.29, 0.717) is 18.0 Å². The molecule has 1 aliphatic rings. The fraction of sp³-hybridized carbons (Fsp3) is 0.464. The van der Waals surface area contributed by atoms with Crippen LogP contribution in [0.1, 0.15) is 41.3 Å². The predicted molar refractivity (Wildman–Crippen MR) is 147 cm³/mol. The Morgan fingerprint density at radius 2 is 1.56 bits per heavy atom. The summed E-state index contributed by atoms with van der Waals surface area (Å²) in [6.45, 7) is 14.2. The number of rotatable bonds is 8. The van der Waals surface area contributed by atoms with Gasteiger partial charge in [0.1, 0.15) is 5.82 Å². The number of anilines is 1. The third-order valence-electron chi connectivity index (χ3n) is 6.97. The maximum atomic E-state index is 14.1. The lowest BCUT2D eigenvalue weighted by Gasteiger charge is -2.35. The molecule has 1 aliphatic heterocycles. The van der Waals surface area contributed by atoms with Gasteiger partial charge < -0.3 is 9.80 Å². The molecule has 2 heterocycles. The molecule has 1 saturated heterocycles. The minimum Gasteiger partial charge on any atom is -0.354 e. The third kappa shape index (κ3) is 5.21. The molecule has 0 radical (unpaired) electrons. The first-order valence-electron chi connectivity index (χ1n) is 12.8. The maximum Gasteiger partial charge on any atom is 0.243 e. The highest BCUT2D eigenvalue weighted by Gasteiger charge is 2.32. The van der Waals surface area contributed by atoms with Gasteiger partial charge in [0.05, 0.1) is 16.3 Å². The van der Waals surface area contributed by atoms with Gasteiger partial charge >= 0.3 is 0 Å². The lowest BCUT2D eigenvalue weighted by atomic mass is 10.1. The summed E-state index contributed by atoms with van der Waals surface area (Å²) in [5.74, 6) is 1.00. The molecule has 2 aromatic carbocycles. The second kappa shape index (κ2) is 10.7. The zero-order valence-electron chi connectivity index (χ0n) is 22.5. The molecule has 1 fully saturated rings. The van der Waals surface area contributed by atoms with E-state index in [4.69, 9.17) is 5.10 Å². The molecule has 8 heteroatoms. The summed E-state index contributed by atoms with van der Waals surface area (Å²) in [5, 5.41) is 4.93. The number of benzene rings is 2. The molecule has 4 rings (SSSR count). The molecule has 36 heavy (non-hydrogen) atoms. The first kappa shape index (κ1) is 26.4. The zero-order valence-corrected chi connectivity index (χ0v) is 23.3. The molecular weight excluding hydrogens is 470 g/mol. The molecule has 0 atom stereocenters. The fourth-order valence-corrected chi connectivity index (χ4v) is 7.15. The number of aromatic nitrogens is 2. The Bertz CT molecular complexity index is 1290. The third-order valence-corrected chi connectivity index (χ3v) is 9.12. The van der Waals surface area contributed by atoms with Crippen LogP contribution in [-0.2, 0) is 16.6 Å². The summed E-state index contributed by atoms with van der Waals surface area (Å²) in [7, 11) is -1.56. The summed E-state index contributed by atoms with van der Waals surface area (Å²) >= 11 is 0. The van der Waals surface area contributed by atoms with Crippen molar-refractivity contribution in [2.24, 2.45) is 0 Å². The molecule has 0 N–H and O–H groups in total. The lowest BCUT2D eigenvalue weighted by Crippen LogP contribution is -2.45. The summed E-state index contributed by atoms with van der Waals surface area (Å²) in [5.41, 5.74) is 5.48. The normalized spacial score (nSPS) is 15.1. The van der Waals surface area contributed by atoms with E-state index in [0.717, 1.165) is 72.1 Å². The van der Waals surface area contributed by atoms with Gasteiger partial charge in [0.15, 0.2) is 0 Å². The van der Waals surface area contributed by atoms with Gasteiger partial charge in [-0.3, -0.25) is 0 Å². The van der Waals surface area contributed by atoms with E-state index in [2.05, 4.69) is 29.0 Å². The first-order chi connectivity index (χ1) is 17.1. The van der Waals surface area contributed by atoms with Crippen molar-refractivity contribution in [3.63, 3.8) is 0 Å². The van der Waals surface area contributed by atoms with E-state index in [9.17, 15) is 8.42 Å². The van der Waals surface area contributed by atoms with Gasteiger partial charge in [-0.2, -0.15) is 9.40 Å². The van der Waals surface area contributed by atoms with E-state index in [1.165, 1.54) is 0 Å². The molecule has 0 aliphatic carbocycles. The smallest absolute Gasteiger partial charge is 0.243 e. The fourth-order valence-electron chi connectivity index (χ4n) is 5.24. The van der Waals surface area contributed by atoms with Crippen LogP contribution in [0.4, 0.5) is 5.82 Å². The molecule has 1 aromatic heterocycles. The van der Waals surface area contributed by atoms with E-state index in [1.807, 2.05) is 69.6 Å². The predicted octanol–water partition coefficient (Wildman–Crippen LogP) is 4.46. The molecule has 194 valence electrons. The van der Waals surface area contributed by atoms with Crippen LogP contribution < -0.4 is 4.90 Å². The van der Waals surface area contributed by atoms with Crippen molar-refractivity contribution in [2.75, 3.05) is 44.7 Å². The Kier molecular flexibility index (Phi) is 7.87. The van der Waals surface area contributed by atoms with Crippen LogP contribution in [0.25, 0.3) is 5.69 Å². The van der Waals surface area contributed by atoms with Gasteiger partial charge in [-0.15, -0.1) is 0 Å². The Labute approximate surface area is 216 Å². The SMILES string of the molecule is CCCN(Cc1c(C)nn(-c2ccccc2)c1N1CCN(C)CC1)S(=O)(=O)c1c(C)cc(C)cc1C. The number of para-hydroxylation sites is 1. The van der Waals surface area contributed by atoms with Crippen molar-refractivity contribution in [2.45, 2.75) is 52.5 Å². The lowest BCUT2D eigenvalue weighted by molar-refractivity contribution is 0.310.